The van der Waals surface area contributed by atoms with Gasteiger partial charge in [-0.05, 0) is 30.7 Å². The normalized spacial score (nSPS) is 10.5. The third-order valence-corrected chi connectivity index (χ3v) is 2.67. The molecule has 2 rings (SSSR count). The Hall–Kier alpha value is -1.94. The molecule has 88 valence electrons. The van der Waals surface area contributed by atoms with E-state index < -0.39 is 0 Å². The molecule has 17 heavy (non-hydrogen) atoms. The molecule has 3 N–H and O–H groups in total. The van der Waals surface area contributed by atoms with Crippen molar-refractivity contribution in [2.45, 2.75) is 13.5 Å². The number of aromatic amines is 1. The highest BCUT2D eigenvalue weighted by Gasteiger charge is 2.07. The van der Waals surface area contributed by atoms with Gasteiger partial charge in [0, 0.05) is 23.4 Å². The first-order valence-corrected chi connectivity index (χ1v) is 5.30. The van der Waals surface area contributed by atoms with Gasteiger partial charge in [0.25, 0.3) is 5.56 Å². The van der Waals surface area contributed by atoms with Crippen LogP contribution in [0.25, 0.3) is 11.1 Å². The first-order chi connectivity index (χ1) is 8.11. The lowest BCUT2D eigenvalue weighted by atomic mass is 10.0. The summed E-state index contributed by atoms with van der Waals surface area (Å²) in [5.41, 5.74) is 8.02. The second-order valence-electron chi connectivity index (χ2n) is 3.88. The quantitative estimate of drug-likeness (QED) is 0.831. The molecule has 0 unspecified atom stereocenters. The van der Waals surface area contributed by atoms with Crippen LogP contribution in [-0.4, -0.2) is 4.98 Å². The van der Waals surface area contributed by atoms with Crippen molar-refractivity contribution in [2.24, 2.45) is 5.73 Å². The summed E-state index contributed by atoms with van der Waals surface area (Å²) in [6.45, 7) is 1.94. The van der Waals surface area contributed by atoms with Crippen LogP contribution in [0.5, 0.6) is 0 Å². The molecular weight excluding hydrogens is 219 g/mol. The van der Waals surface area contributed by atoms with Crippen molar-refractivity contribution in [3.63, 3.8) is 0 Å². The summed E-state index contributed by atoms with van der Waals surface area (Å²) in [7, 11) is 0. The molecule has 0 bridgehead atoms. The Morgan fingerprint density at radius 3 is 2.76 bits per heavy atom. The number of rotatable bonds is 2. The van der Waals surface area contributed by atoms with Gasteiger partial charge in [-0.1, -0.05) is 12.1 Å². The molecule has 3 nitrogen and oxygen atoms in total. The van der Waals surface area contributed by atoms with E-state index >= 15 is 0 Å². The lowest BCUT2D eigenvalue weighted by Gasteiger charge is -2.08. The summed E-state index contributed by atoms with van der Waals surface area (Å²) < 4.78 is 13.1. The van der Waals surface area contributed by atoms with Crippen LogP contribution in [0.1, 0.15) is 11.3 Å². The number of aryl methyl sites for hydroxylation is 1. The zero-order valence-corrected chi connectivity index (χ0v) is 9.46. The molecule has 0 aliphatic carbocycles. The van der Waals surface area contributed by atoms with Gasteiger partial charge < -0.3 is 10.7 Å². The Morgan fingerprint density at radius 1 is 1.35 bits per heavy atom. The molecule has 0 fully saturated rings. The zero-order chi connectivity index (χ0) is 12.4. The van der Waals surface area contributed by atoms with Crippen molar-refractivity contribution in [2.75, 3.05) is 0 Å². The summed E-state index contributed by atoms with van der Waals surface area (Å²) in [6.07, 6.45) is 0. The predicted molar refractivity (Wildman–Crippen MR) is 65.1 cm³/mol. The van der Waals surface area contributed by atoms with Gasteiger partial charge in [0.1, 0.15) is 5.82 Å². The Labute approximate surface area is 98.1 Å². The van der Waals surface area contributed by atoms with Crippen molar-refractivity contribution in [3.8, 4) is 11.1 Å². The maximum atomic E-state index is 13.1. The van der Waals surface area contributed by atoms with E-state index in [9.17, 15) is 9.18 Å². The number of pyridine rings is 1. The van der Waals surface area contributed by atoms with Crippen molar-refractivity contribution < 1.29 is 4.39 Å². The SMILES string of the molecule is Cc1[nH]c(=O)c(CN)cc1-c1cccc(F)c1. The Balaban J connectivity index is 2.63. The number of hydrogen-bond acceptors (Lipinski definition) is 2. The molecule has 0 saturated carbocycles. The highest BCUT2D eigenvalue weighted by molar-refractivity contribution is 5.66. The molecule has 0 amide bonds. The van der Waals surface area contributed by atoms with Crippen LogP contribution in [0.15, 0.2) is 35.1 Å². The number of nitrogens with two attached hydrogens (primary N) is 1. The molecule has 0 aliphatic heterocycles. The fourth-order valence-corrected chi connectivity index (χ4v) is 1.77. The topological polar surface area (TPSA) is 58.9 Å². The minimum absolute atomic E-state index is 0.165. The summed E-state index contributed by atoms with van der Waals surface area (Å²) in [6, 6.07) is 7.96. The van der Waals surface area contributed by atoms with E-state index in [1.165, 1.54) is 12.1 Å². The molecule has 0 saturated heterocycles. The monoisotopic (exact) mass is 232 g/mol. The number of aromatic nitrogens is 1. The fourth-order valence-electron chi connectivity index (χ4n) is 1.77. The maximum Gasteiger partial charge on any atom is 0.252 e. The molecule has 0 spiro atoms. The predicted octanol–water partition coefficient (Wildman–Crippen LogP) is 1.95. The largest absolute Gasteiger partial charge is 0.326 e. The second-order valence-corrected chi connectivity index (χ2v) is 3.88. The third-order valence-electron chi connectivity index (χ3n) is 2.67. The first kappa shape index (κ1) is 11.5. The Bertz CT molecular complexity index is 605. The highest BCUT2D eigenvalue weighted by atomic mass is 19.1. The van der Waals surface area contributed by atoms with E-state index in [2.05, 4.69) is 4.98 Å². The summed E-state index contributed by atoms with van der Waals surface area (Å²) in [5.74, 6) is -0.303. The minimum atomic E-state index is -0.303. The fraction of sp³-hybridized carbons (Fsp3) is 0.154. The van der Waals surface area contributed by atoms with E-state index in [1.807, 2.05) is 0 Å². The summed E-state index contributed by atoms with van der Waals surface area (Å²) in [4.78, 5) is 14.2. The minimum Gasteiger partial charge on any atom is -0.326 e. The second kappa shape index (κ2) is 4.51. The zero-order valence-electron chi connectivity index (χ0n) is 9.46. The van der Waals surface area contributed by atoms with Crippen LogP contribution in [-0.2, 0) is 6.54 Å². The van der Waals surface area contributed by atoms with Crippen LogP contribution in [0.4, 0.5) is 4.39 Å². The van der Waals surface area contributed by atoms with E-state index in [0.717, 1.165) is 11.1 Å². The van der Waals surface area contributed by atoms with Crippen molar-refractivity contribution in [3.05, 3.63) is 57.8 Å². The lowest BCUT2D eigenvalue weighted by molar-refractivity contribution is 0.628. The Kier molecular flexibility index (Phi) is 3.06. The molecule has 0 aliphatic rings. The molecule has 4 heteroatoms. The van der Waals surface area contributed by atoms with Gasteiger partial charge >= 0.3 is 0 Å². The number of H-pyrrole nitrogens is 1. The van der Waals surface area contributed by atoms with Crippen LogP contribution in [0.2, 0.25) is 0 Å². The van der Waals surface area contributed by atoms with Crippen LogP contribution in [0.3, 0.4) is 0 Å². The van der Waals surface area contributed by atoms with E-state index in [1.54, 1.807) is 25.1 Å². The van der Waals surface area contributed by atoms with Gasteiger partial charge in [0.15, 0.2) is 0 Å². The summed E-state index contributed by atoms with van der Waals surface area (Å²) >= 11 is 0. The number of benzene rings is 1. The van der Waals surface area contributed by atoms with Crippen molar-refractivity contribution in [1.29, 1.82) is 0 Å². The Morgan fingerprint density at radius 2 is 2.12 bits per heavy atom. The van der Waals surface area contributed by atoms with Crippen LogP contribution < -0.4 is 11.3 Å². The van der Waals surface area contributed by atoms with Gasteiger partial charge in [-0.2, -0.15) is 0 Å². The van der Waals surface area contributed by atoms with Gasteiger partial charge in [-0.3, -0.25) is 4.79 Å². The lowest BCUT2D eigenvalue weighted by Crippen LogP contribution is -2.17. The van der Waals surface area contributed by atoms with Crippen molar-refractivity contribution in [1.82, 2.24) is 4.98 Å². The van der Waals surface area contributed by atoms with E-state index in [4.69, 9.17) is 5.73 Å². The van der Waals surface area contributed by atoms with Crippen molar-refractivity contribution >= 4 is 0 Å². The smallest absolute Gasteiger partial charge is 0.252 e. The van der Waals surface area contributed by atoms with Crippen LogP contribution >= 0.6 is 0 Å². The molecule has 1 aromatic carbocycles. The van der Waals surface area contributed by atoms with Crippen LogP contribution in [0, 0.1) is 12.7 Å². The molecule has 0 radical (unpaired) electrons. The molecule has 2 aromatic rings. The first-order valence-electron chi connectivity index (χ1n) is 5.30. The average molecular weight is 232 g/mol. The molecule has 1 aromatic heterocycles. The molecular formula is C13H13FN2O. The summed E-state index contributed by atoms with van der Waals surface area (Å²) in [5, 5.41) is 0. The standard InChI is InChI=1S/C13H13FN2O/c1-8-12(6-10(7-15)13(17)16-8)9-3-2-4-11(14)5-9/h2-6H,7,15H2,1H3,(H,16,17). The van der Waals surface area contributed by atoms with Gasteiger partial charge in [0.2, 0.25) is 0 Å². The van der Waals surface area contributed by atoms with Gasteiger partial charge in [-0.25, -0.2) is 4.39 Å². The third kappa shape index (κ3) is 2.26. The number of nitrogens with one attached hydrogen (secondary N) is 1. The number of hydrogen-bond donors (Lipinski definition) is 2. The highest BCUT2D eigenvalue weighted by Crippen LogP contribution is 2.22. The molecule has 0 atom stereocenters. The molecule has 1 heterocycles. The maximum absolute atomic E-state index is 13.1. The van der Waals surface area contributed by atoms with E-state index in [0.29, 0.717) is 11.3 Å². The van der Waals surface area contributed by atoms with Gasteiger partial charge in [0.05, 0.1) is 0 Å². The van der Waals surface area contributed by atoms with E-state index in [-0.39, 0.29) is 17.9 Å². The average Bonchev–Trinajstić information content (AvgIpc) is 2.29. The van der Waals surface area contributed by atoms with Gasteiger partial charge in [-0.15, -0.1) is 0 Å². The number of halogens is 1.